The molecule has 0 saturated carbocycles. The van der Waals surface area contributed by atoms with Gasteiger partial charge in [0, 0.05) is 23.4 Å². The van der Waals surface area contributed by atoms with Crippen molar-refractivity contribution in [3.8, 4) is 0 Å². The molecule has 2 aliphatic heterocycles. The SMILES string of the molecule is O=C(O)CCNC(=O)C1C(=O)N2C3=C(CCCCC3)SN2C=C1O. The van der Waals surface area contributed by atoms with Crippen LogP contribution >= 0.6 is 11.9 Å². The third-order valence-corrected chi connectivity index (χ3v) is 5.31. The molecule has 1 unspecified atom stereocenters. The van der Waals surface area contributed by atoms with E-state index in [1.54, 1.807) is 4.41 Å². The number of carboxylic acids is 1. The number of amides is 2. The standard InChI is InChI=1S/C15H19N3O5S/c19-10-8-17-18(9-4-2-1-3-5-11(9)24-17)15(23)13(10)14(22)16-7-6-12(20)21/h8,13,19H,1-7H2,(H,16,22)(H,20,21). The minimum atomic E-state index is -1.33. The van der Waals surface area contributed by atoms with E-state index in [4.69, 9.17) is 5.11 Å². The third kappa shape index (κ3) is 3.08. The van der Waals surface area contributed by atoms with Crippen molar-refractivity contribution in [2.24, 2.45) is 5.92 Å². The molecular weight excluding hydrogens is 334 g/mol. The first kappa shape index (κ1) is 16.7. The number of aliphatic hydroxyl groups excluding tert-OH is 1. The average molecular weight is 353 g/mol. The Balaban J connectivity index is 1.77. The van der Waals surface area contributed by atoms with Crippen LogP contribution in [0, 0.1) is 5.92 Å². The Kier molecular flexibility index (Phi) is 4.70. The first-order chi connectivity index (χ1) is 11.5. The van der Waals surface area contributed by atoms with E-state index >= 15 is 0 Å². The summed E-state index contributed by atoms with van der Waals surface area (Å²) in [6.07, 6.45) is 5.98. The number of hydrazine groups is 1. The maximum absolute atomic E-state index is 12.8. The maximum atomic E-state index is 12.8. The Morgan fingerprint density at radius 3 is 2.79 bits per heavy atom. The quantitative estimate of drug-likeness (QED) is 0.519. The molecule has 0 aromatic rings. The molecule has 24 heavy (non-hydrogen) atoms. The lowest BCUT2D eigenvalue weighted by molar-refractivity contribution is -0.146. The fourth-order valence-corrected chi connectivity index (χ4v) is 4.20. The second kappa shape index (κ2) is 6.76. The van der Waals surface area contributed by atoms with Crippen LogP contribution in [0.3, 0.4) is 0 Å². The molecule has 0 radical (unpaired) electrons. The number of fused-ring (bicyclic) bond motifs is 2. The fourth-order valence-electron chi connectivity index (χ4n) is 3.03. The normalized spacial score (nSPS) is 23.4. The summed E-state index contributed by atoms with van der Waals surface area (Å²) in [7, 11) is 0. The zero-order chi connectivity index (χ0) is 17.3. The first-order valence-corrected chi connectivity index (χ1v) is 8.69. The minimum absolute atomic E-state index is 0.0857. The Bertz CT molecular complexity index is 645. The second-order valence-electron chi connectivity index (χ2n) is 5.90. The molecule has 1 aliphatic carbocycles. The molecule has 3 aliphatic rings. The van der Waals surface area contributed by atoms with Crippen molar-refractivity contribution in [3.05, 3.63) is 22.6 Å². The molecule has 2 heterocycles. The lowest BCUT2D eigenvalue weighted by Crippen LogP contribution is -2.50. The summed E-state index contributed by atoms with van der Waals surface area (Å²) in [4.78, 5) is 36.6. The molecule has 8 nitrogen and oxygen atoms in total. The molecule has 1 atom stereocenters. The van der Waals surface area contributed by atoms with E-state index in [1.165, 1.54) is 23.2 Å². The van der Waals surface area contributed by atoms with Gasteiger partial charge in [-0.3, -0.25) is 14.4 Å². The highest BCUT2D eigenvalue weighted by Gasteiger charge is 2.45. The number of carboxylic acid groups (broad SMARTS) is 1. The number of aliphatic carboxylic acids is 1. The molecule has 0 spiro atoms. The van der Waals surface area contributed by atoms with Gasteiger partial charge in [-0.1, -0.05) is 6.42 Å². The number of hydrogen-bond acceptors (Lipinski definition) is 6. The van der Waals surface area contributed by atoms with Crippen LogP contribution in [0.5, 0.6) is 0 Å². The fraction of sp³-hybridized carbons (Fsp3) is 0.533. The zero-order valence-electron chi connectivity index (χ0n) is 13.0. The molecule has 2 amide bonds. The van der Waals surface area contributed by atoms with Gasteiger partial charge in [0.25, 0.3) is 5.91 Å². The van der Waals surface area contributed by atoms with E-state index in [0.29, 0.717) is 0 Å². The van der Waals surface area contributed by atoms with Crippen molar-refractivity contribution in [1.82, 2.24) is 14.7 Å². The molecule has 0 bridgehead atoms. The van der Waals surface area contributed by atoms with E-state index in [1.807, 2.05) is 0 Å². The van der Waals surface area contributed by atoms with Gasteiger partial charge in [0.1, 0.15) is 5.76 Å². The smallest absolute Gasteiger partial charge is 0.305 e. The highest BCUT2D eigenvalue weighted by molar-refractivity contribution is 8.01. The van der Waals surface area contributed by atoms with Gasteiger partial charge in [-0.2, -0.15) is 0 Å². The maximum Gasteiger partial charge on any atom is 0.305 e. The molecule has 3 N–H and O–H groups in total. The molecule has 9 heteroatoms. The van der Waals surface area contributed by atoms with E-state index in [9.17, 15) is 19.5 Å². The number of nitrogens with zero attached hydrogens (tertiary/aromatic N) is 2. The molecule has 0 aromatic carbocycles. The van der Waals surface area contributed by atoms with Crippen LogP contribution in [0.1, 0.15) is 38.5 Å². The zero-order valence-corrected chi connectivity index (χ0v) is 13.8. The van der Waals surface area contributed by atoms with Crippen molar-refractivity contribution in [2.45, 2.75) is 38.5 Å². The van der Waals surface area contributed by atoms with E-state index in [0.717, 1.165) is 42.7 Å². The van der Waals surface area contributed by atoms with Crippen LogP contribution in [-0.4, -0.2) is 44.0 Å². The van der Waals surface area contributed by atoms with Gasteiger partial charge >= 0.3 is 5.97 Å². The molecule has 0 aromatic heterocycles. The lowest BCUT2D eigenvalue weighted by Gasteiger charge is -2.34. The van der Waals surface area contributed by atoms with Gasteiger partial charge in [-0.15, -0.1) is 0 Å². The van der Waals surface area contributed by atoms with Gasteiger partial charge < -0.3 is 15.5 Å². The largest absolute Gasteiger partial charge is 0.509 e. The number of allylic oxidation sites excluding steroid dienone is 2. The van der Waals surface area contributed by atoms with Crippen LogP contribution in [0.25, 0.3) is 0 Å². The van der Waals surface area contributed by atoms with Crippen molar-refractivity contribution in [3.63, 3.8) is 0 Å². The molecule has 3 rings (SSSR count). The van der Waals surface area contributed by atoms with Crippen molar-refractivity contribution in [2.75, 3.05) is 6.54 Å². The molecule has 130 valence electrons. The Morgan fingerprint density at radius 2 is 2.04 bits per heavy atom. The highest BCUT2D eigenvalue weighted by atomic mass is 32.2. The van der Waals surface area contributed by atoms with E-state index in [2.05, 4.69) is 5.32 Å². The van der Waals surface area contributed by atoms with Crippen molar-refractivity contribution < 1.29 is 24.6 Å². The summed E-state index contributed by atoms with van der Waals surface area (Å²) in [6.45, 7) is -0.0857. The van der Waals surface area contributed by atoms with Crippen molar-refractivity contribution in [1.29, 1.82) is 0 Å². The van der Waals surface area contributed by atoms with Crippen molar-refractivity contribution >= 4 is 29.7 Å². The van der Waals surface area contributed by atoms with E-state index in [-0.39, 0.29) is 18.7 Å². The topological polar surface area (TPSA) is 110 Å². The highest BCUT2D eigenvalue weighted by Crippen LogP contribution is 2.46. The van der Waals surface area contributed by atoms with Gasteiger partial charge in [-0.25, -0.2) is 9.42 Å². The number of hydrogen-bond donors (Lipinski definition) is 3. The molecular formula is C15H19N3O5S. The van der Waals surface area contributed by atoms with Gasteiger partial charge in [0.15, 0.2) is 5.92 Å². The second-order valence-corrected chi connectivity index (χ2v) is 6.95. The summed E-state index contributed by atoms with van der Waals surface area (Å²) in [6, 6.07) is 0. The van der Waals surface area contributed by atoms with Crippen LogP contribution in [0.4, 0.5) is 0 Å². The number of rotatable bonds is 4. The van der Waals surface area contributed by atoms with Crippen LogP contribution in [0.15, 0.2) is 22.6 Å². The lowest BCUT2D eigenvalue weighted by atomic mass is 10.0. The van der Waals surface area contributed by atoms with Gasteiger partial charge in [0.2, 0.25) is 5.91 Å². The summed E-state index contributed by atoms with van der Waals surface area (Å²) in [5.41, 5.74) is 0.912. The van der Waals surface area contributed by atoms with Gasteiger partial charge in [0.05, 0.1) is 18.3 Å². The Labute approximate surface area is 143 Å². The number of carbonyl (C=O) groups is 3. The summed E-state index contributed by atoms with van der Waals surface area (Å²) in [5.74, 6) is -3.87. The van der Waals surface area contributed by atoms with Crippen LogP contribution in [-0.2, 0) is 14.4 Å². The average Bonchev–Trinajstić information content (AvgIpc) is 2.69. The third-order valence-electron chi connectivity index (χ3n) is 4.19. The van der Waals surface area contributed by atoms with Gasteiger partial charge in [-0.05, 0) is 25.7 Å². The molecule has 0 fully saturated rings. The number of aliphatic hydroxyl groups is 1. The predicted octanol–water partition coefficient (Wildman–Crippen LogP) is 1.49. The minimum Gasteiger partial charge on any atom is -0.509 e. The monoisotopic (exact) mass is 353 g/mol. The number of nitrogens with one attached hydrogen (secondary N) is 1. The predicted molar refractivity (Wildman–Crippen MR) is 85.9 cm³/mol. The Morgan fingerprint density at radius 1 is 1.29 bits per heavy atom. The molecule has 0 saturated heterocycles. The number of carbonyl (C=O) groups excluding carboxylic acids is 2. The van der Waals surface area contributed by atoms with Crippen LogP contribution in [0.2, 0.25) is 0 Å². The summed E-state index contributed by atoms with van der Waals surface area (Å²) < 4.78 is 1.58. The summed E-state index contributed by atoms with van der Waals surface area (Å²) >= 11 is 1.41. The Hall–Kier alpha value is -2.16. The summed E-state index contributed by atoms with van der Waals surface area (Å²) in [5, 5.41) is 22.6. The van der Waals surface area contributed by atoms with Crippen LogP contribution < -0.4 is 5.32 Å². The first-order valence-electron chi connectivity index (χ1n) is 7.92. The van der Waals surface area contributed by atoms with E-state index < -0.39 is 23.7 Å².